The Morgan fingerprint density at radius 1 is 1.37 bits per heavy atom. The van der Waals surface area contributed by atoms with Gasteiger partial charge in [0.25, 0.3) is 5.91 Å². The number of hydrogen-bond acceptors (Lipinski definition) is 3. The van der Waals surface area contributed by atoms with Crippen molar-refractivity contribution < 1.29 is 19.5 Å². The van der Waals surface area contributed by atoms with E-state index in [9.17, 15) is 14.4 Å². The molecular weight excluding hydrogens is 248 g/mol. The summed E-state index contributed by atoms with van der Waals surface area (Å²) in [5.74, 6) is -2.28. The molecule has 4 N–H and O–H groups in total. The summed E-state index contributed by atoms with van der Waals surface area (Å²) in [5, 5.41) is 11.3. The number of carbonyl (C=O) groups excluding carboxylic acids is 2. The molecule has 0 spiro atoms. The van der Waals surface area contributed by atoms with Gasteiger partial charge in [-0.3, -0.25) is 9.59 Å². The second kappa shape index (κ2) is 6.53. The quantitative estimate of drug-likeness (QED) is 0.692. The molecule has 6 nitrogen and oxygen atoms in total. The second-order valence-corrected chi connectivity index (χ2v) is 4.24. The summed E-state index contributed by atoms with van der Waals surface area (Å²) in [5.41, 5.74) is 6.24. The van der Waals surface area contributed by atoms with Gasteiger partial charge in [0.15, 0.2) is 0 Å². The average Bonchev–Trinajstić information content (AvgIpc) is 2.33. The first-order valence-corrected chi connectivity index (χ1v) is 5.79. The van der Waals surface area contributed by atoms with Crippen molar-refractivity contribution in [3.63, 3.8) is 0 Å². The number of aliphatic carboxylic acids is 1. The van der Waals surface area contributed by atoms with Crippen LogP contribution in [0.5, 0.6) is 0 Å². The summed E-state index contributed by atoms with van der Waals surface area (Å²) in [6, 6.07) is 5.67. The Morgan fingerprint density at radius 2 is 2.05 bits per heavy atom. The van der Waals surface area contributed by atoms with E-state index < -0.39 is 23.8 Å². The minimum Gasteiger partial charge on any atom is -0.480 e. The topological polar surface area (TPSA) is 109 Å². The number of nitrogens with one attached hydrogen (secondary N) is 1. The highest BCUT2D eigenvalue weighted by atomic mass is 16.4. The van der Waals surface area contributed by atoms with Crippen molar-refractivity contribution in [2.45, 2.75) is 25.8 Å². The standard InChI is InChI=1S/C13H16N2O4/c1-8-3-2-4-9(7-8)12(17)15-10(13(18)19)5-6-11(14)16/h2-4,7,10H,5-6H2,1H3,(H2,14,16)(H,15,17)(H,18,19). The molecule has 0 aliphatic rings. The normalized spacial score (nSPS) is 11.6. The van der Waals surface area contributed by atoms with Crippen molar-refractivity contribution in [2.24, 2.45) is 5.73 Å². The van der Waals surface area contributed by atoms with Crippen LogP contribution in [0.3, 0.4) is 0 Å². The van der Waals surface area contributed by atoms with Gasteiger partial charge in [0, 0.05) is 12.0 Å². The maximum absolute atomic E-state index is 11.9. The Hall–Kier alpha value is -2.37. The Labute approximate surface area is 110 Å². The van der Waals surface area contributed by atoms with Crippen molar-refractivity contribution >= 4 is 17.8 Å². The van der Waals surface area contributed by atoms with Crippen LogP contribution in [-0.4, -0.2) is 28.9 Å². The highest BCUT2D eigenvalue weighted by Gasteiger charge is 2.21. The number of amides is 2. The first-order valence-electron chi connectivity index (χ1n) is 5.79. The minimum atomic E-state index is -1.19. The molecule has 1 atom stereocenters. The Balaban J connectivity index is 2.71. The molecule has 19 heavy (non-hydrogen) atoms. The molecule has 0 aliphatic heterocycles. The molecule has 0 aromatic heterocycles. The van der Waals surface area contributed by atoms with Gasteiger partial charge in [-0.1, -0.05) is 17.7 Å². The Bertz CT molecular complexity index is 499. The van der Waals surface area contributed by atoms with Gasteiger partial charge >= 0.3 is 5.97 Å². The fraction of sp³-hybridized carbons (Fsp3) is 0.308. The molecule has 0 saturated carbocycles. The largest absolute Gasteiger partial charge is 0.480 e. The number of aryl methyl sites for hydroxylation is 1. The molecule has 0 fully saturated rings. The lowest BCUT2D eigenvalue weighted by Crippen LogP contribution is -2.41. The summed E-state index contributed by atoms with van der Waals surface area (Å²) >= 11 is 0. The van der Waals surface area contributed by atoms with Gasteiger partial charge in [-0.2, -0.15) is 0 Å². The summed E-state index contributed by atoms with van der Waals surface area (Å²) < 4.78 is 0. The monoisotopic (exact) mass is 264 g/mol. The van der Waals surface area contributed by atoms with Gasteiger partial charge in [-0.25, -0.2) is 4.79 Å². The average molecular weight is 264 g/mol. The molecule has 0 bridgehead atoms. The molecule has 1 aromatic carbocycles. The number of rotatable bonds is 6. The SMILES string of the molecule is Cc1cccc(C(=O)NC(CCC(N)=O)C(=O)O)c1. The van der Waals surface area contributed by atoms with Gasteiger partial charge in [-0.15, -0.1) is 0 Å². The van der Waals surface area contributed by atoms with E-state index in [0.717, 1.165) is 5.56 Å². The number of nitrogens with two attached hydrogens (primary N) is 1. The summed E-state index contributed by atoms with van der Waals surface area (Å²) in [6.45, 7) is 1.83. The Morgan fingerprint density at radius 3 is 2.58 bits per heavy atom. The van der Waals surface area contributed by atoms with Crippen LogP contribution in [0, 0.1) is 6.92 Å². The molecular formula is C13H16N2O4. The van der Waals surface area contributed by atoms with E-state index in [1.165, 1.54) is 0 Å². The van der Waals surface area contributed by atoms with E-state index in [-0.39, 0.29) is 12.8 Å². The molecule has 1 rings (SSSR count). The molecule has 0 heterocycles. The first kappa shape index (κ1) is 14.7. The van der Waals surface area contributed by atoms with E-state index in [0.29, 0.717) is 5.56 Å². The lowest BCUT2D eigenvalue weighted by molar-refractivity contribution is -0.139. The zero-order valence-electron chi connectivity index (χ0n) is 10.6. The van der Waals surface area contributed by atoms with E-state index in [1.54, 1.807) is 18.2 Å². The van der Waals surface area contributed by atoms with Gasteiger partial charge < -0.3 is 16.2 Å². The molecule has 2 amide bonds. The third-order valence-electron chi connectivity index (χ3n) is 2.56. The van der Waals surface area contributed by atoms with Crippen molar-refractivity contribution in [1.82, 2.24) is 5.32 Å². The number of carboxylic acids is 1. The lowest BCUT2D eigenvalue weighted by atomic mass is 10.1. The fourth-order valence-electron chi connectivity index (χ4n) is 1.57. The van der Waals surface area contributed by atoms with Crippen LogP contribution < -0.4 is 11.1 Å². The summed E-state index contributed by atoms with van der Waals surface area (Å²) in [6.07, 6.45) is -0.118. The zero-order chi connectivity index (χ0) is 14.4. The minimum absolute atomic E-state index is 0.0256. The molecule has 1 unspecified atom stereocenters. The van der Waals surface area contributed by atoms with Crippen LogP contribution in [0.1, 0.15) is 28.8 Å². The van der Waals surface area contributed by atoms with Gasteiger partial charge in [-0.05, 0) is 25.5 Å². The molecule has 1 aromatic rings. The zero-order valence-corrected chi connectivity index (χ0v) is 10.6. The summed E-state index contributed by atoms with van der Waals surface area (Å²) in [7, 11) is 0. The van der Waals surface area contributed by atoms with Gasteiger partial charge in [0.05, 0.1) is 0 Å². The van der Waals surface area contributed by atoms with Crippen molar-refractivity contribution in [3.8, 4) is 0 Å². The van der Waals surface area contributed by atoms with E-state index in [1.807, 2.05) is 13.0 Å². The van der Waals surface area contributed by atoms with E-state index in [2.05, 4.69) is 5.32 Å². The van der Waals surface area contributed by atoms with Crippen LogP contribution >= 0.6 is 0 Å². The summed E-state index contributed by atoms with van der Waals surface area (Å²) in [4.78, 5) is 33.5. The number of carbonyl (C=O) groups is 3. The van der Waals surface area contributed by atoms with Crippen molar-refractivity contribution in [1.29, 1.82) is 0 Å². The van der Waals surface area contributed by atoms with Gasteiger partial charge in [0.1, 0.15) is 6.04 Å². The van der Waals surface area contributed by atoms with Crippen molar-refractivity contribution in [2.75, 3.05) is 0 Å². The predicted octanol–water partition coefficient (Wildman–Crippen LogP) is 0.444. The fourth-order valence-corrected chi connectivity index (χ4v) is 1.57. The first-order chi connectivity index (χ1) is 8.90. The third kappa shape index (κ3) is 4.79. The number of benzene rings is 1. The van der Waals surface area contributed by atoms with Crippen LogP contribution in [0.25, 0.3) is 0 Å². The van der Waals surface area contributed by atoms with Gasteiger partial charge in [0.2, 0.25) is 5.91 Å². The molecule has 0 saturated heterocycles. The van der Waals surface area contributed by atoms with Crippen LogP contribution in [0.4, 0.5) is 0 Å². The maximum Gasteiger partial charge on any atom is 0.326 e. The lowest BCUT2D eigenvalue weighted by Gasteiger charge is -2.13. The molecule has 0 aliphatic carbocycles. The van der Waals surface area contributed by atoms with Crippen LogP contribution in [0.2, 0.25) is 0 Å². The number of carboxylic acid groups (broad SMARTS) is 1. The molecule has 6 heteroatoms. The van der Waals surface area contributed by atoms with E-state index in [4.69, 9.17) is 10.8 Å². The van der Waals surface area contributed by atoms with Crippen LogP contribution in [-0.2, 0) is 9.59 Å². The number of primary amides is 1. The predicted molar refractivity (Wildman–Crippen MR) is 68.5 cm³/mol. The second-order valence-electron chi connectivity index (χ2n) is 4.24. The third-order valence-corrected chi connectivity index (χ3v) is 2.56. The highest BCUT2D eigenvalue weighted by molar-refractivity contribution is 5.96. The molecule has 102 valence electrons. The molecule has 0 radical (unpaired) electrons. The smallest absolute Gasteiger partial charge is 0.326 e. The van der Waals surface area contributed by atoms with E-state index >= 15 is 0 Å². The highest BCUT2D eigenvalue weighted by Crippen LogP contribution is 2.05. The maximum atomic E-state index is 11.9. The van der Waals surface area contributed by atoms with Crippen molar-refractivity contribution in [3.05, 3.63) is 35.4 Å². The van der Waals surface area contributed by atoms with Crippen LogP contribution in [0.15, 0.2) is 24.3 Å². The number of hydrogen-bond donors (Lipinski definition) is 3. The Kier molecular flexibility index (Phi) is 5.05.